The van der Waals surface area contributed by atoms with Crippen molar-refractivity contribution in [3.63, 3.8) is 0 Å². The van der Waals surface area contributed by atoms with Crippen molar-refractivity contribution in [2.45, 2.75) is 6.61 Å². The zero-order chi connectivity index (χ0) is 18.4. The Hall–Kier alpha value is -3.45. The van der Waals surface area contributed by atoms with Crippen LogP contribution in [-0.4, -0.2) is 19.7 Å². The quantitative estimate of drug-likeness (QED) is 0.495. The molecule has 3 aromatic rings. The highest BCUT2D eigenvalue weighted by Gasteiger charge is 2.13. The zero-order valence-corrected chi connectivity index (χ0v) is 14.4. The average molecular weight is 346 g/mol. The Kier molecular flexibility index (Phi) is 5.40. The van der Waals surface area contributed by atoms with E-state index in [2.05, 4.69) is 24.1 Å². The molecule has 0 radical (unpaired) electrons. The second kappa shape index (κ2) is 8.09. The lowest BCUT2D eigenvalue weighted by Crippen LogP contribution is -2.06. The zero-order valence-electron chi connectivity index (χ0n) is 14.4. The van der Waals surface area contributed by atoms with Gasteiger partial charge in [-0.3, -0.25) is 0 Å². The van der Waals surface area contributed by atoms with Crippen LogP contribution in [0.4, 0.5) is 0 Å². The van der Waals surface area contributed by atoms with Gasteiger partial charge in [-0.25, -0.2) is 4.79 Å². The number of fused-ring (bicyclic) bond motifs is 1. The monoisotopic (exact) mass is 346 g/mol. The fraction of sp³-hybridized carbons (Fsp3) is 0.136. The molecule has 0 saturated carbocycles. The smallest absolute Gasteiger partial charge is 0.339 e. The van der Waals surface area contributed by atoms with E-state index in [9.17, 15) is 4.79 Å². The fourth-order valence-electron chi connectivity index (χ4n) is 2.68. The van der Waals surface area contributed by atoms with Gasteiger partial charge in [0, 0.05) is 0 Å². The van der Waals surface area contributed by atoms with Crippen LogP contribution in [0.1, 0.15) is 15.9 Å². The van der Waals surface area contributed by atoms with E-state index in [1.165, 1.54) is 0 Å². The normalized spacial score (nSPS) is 10.2. The van der Waals surface area contributed by atoms with Gasteiger partial charge in [0.05, 0.1) is 12.7 Å². The second-order valence-corrected chi connectivity index (χ2v) is 5.57. The highest BCUT2D eigenvalue weighted by atomic mass is 16.5. The minimum Gasteiger partial charge on any atom is -0.493 e. The molecule has 0 bridgehead atoms. The van der Waals surface area contributed by atoms with Crippen LogP contribution in [0.15, 0.2) is 60.7 Å². The summed E-state index contributed by atoms with van der Waals surface area (Å²) >= 11 is 0. The predicted octanol–water partition coefficient (Wildman–Crippen LogP) is 4.22. The first-order valence-electron chi connectivity index (χ1n) is 8.11. The summed E-state index contributed by atoms with van der Waals surface area (Å²) in [5.41, 5.74) is 1.40. The van der Waals surface area contributed by atoms with E-state index >= 15 is 0 Å². The van der Waals surface area contributed by atoms with Crippen molar-refractivity contribution in [3.8, 4) is 23.8 Å². The van der Waals surface area contributed by atoms with Crippen molar-refractivity contribution in [3.05, 3.63) is 71.8 Å². The number of carbonyl (C=O) groups excluding carboxylic acids is 1. The summed E-state index contributed by atoms with van der Waals surface area (Å²) in [6.07, 6.45) is 5.12. The largest absolute Gasteiger partial charge is 0.493 e. The minimum atomic E-state index is -0.499. The van der Waals surface area contributed by atoms with E-state index in [0.29, 0.717) is 23.7 Å². The van der Waals surface area contributed by atoms with Gasteiger partial charge in [-0.1, -0.05) is 48.4 Å². The lowest BCUT2D eigenvalue weighted by Gasteiger charge is -2.13. The molecule has 0 aliphatic heterocycles. The molecule has 0 N–H and O–H groups in total. The highest BCUT2D eigenvalue weighted by Crippen LogP contribution is 2.30. The molecular formula is C22H18O4. The maximum Gasteiger partial charge on any atom is 0.339 e. The standard InChI is InChI=1S/C22H18O4/c1-3-13-25-22(23)17-11-12-20(24-2)21(14-17)26-15-18-9-6-8-16-7-4-5-10-19(16)18/h1,4-12,14H,13,15H2,2H3. The molecule has 0 saturated heterocycles. The van der Waals surface area contributed by atoms with Gasteiger partial charge >= 0.3 is 5.97 Å². The molecule has 3 rings (SSSR count). The SMILES string of the molecule is C#CCOC(=O)c1ccc(OC)c(OCc2cccc3ccccc23)c1. The number of rotatable bonds is 6. The van der Waals surface area contributed by atoms with Crippen LogP contribution in [0, 0.1) is 12.3 Å². The summed E-state index contributed by atoms with van der Waals surface area (Å²) in [5, 5.41) is 2.27. The number of ether oxygens (including phenoxy) is 3. The van der Waals surface area contributed by atoms with E-state index in [1.807, 2.05) is 24.3 Å². The van der Waals surface area contributed by atoms with Crippen molar-refractivity contribution in [2.75, 3.05) is 13.7 Å². The Morgan fingerprint density at radius 1 is 1.04 bits per heavy atom. The molecule has 0 amide bonds. The topological polar surface area (TPSA) is 44.8 Å². The van der Waals surface area contributed by atoms with E-state index in [1.54, 1.807) is 25.3 Å². The first kappa shape index (κ1) is 17.4. The predicted molar refractivity (Wildman–Crippen MR) is 100 cm³/mol. The van der Waals surface area contributed by atoms with Crippen LogP contribution in [-0.2, 0) is 11.3 Å². The number of esters is 1. The number of methoxy groups -OCH3 is 1. The maximum atomic E-state index is 12.0. The highest BCUT2D eigenvalue weighted by molar-refractivity contribution is 5.90. The summed E-state index contributed by atoms with van der Waals surface area (Å²) in [4.78, 5) is 12.0. The Bertz CT molecular complexity index is 964. The van der Waals surface area contributed by atoms with E-state index in [0.717, 1.165) is 16.3 Å². The van der Waals surface area contributed by atoms with Crippen LogP contribution < -0.4 is 9.47 Å². The van der Waals surface area contributed by atoms with E-state index < -0.39 is 5.97 Å². The molecular weight excluding hydrogens is 328 g/mol. The number of hydrogen-bond donors (Lipinski definition) is 0. The second-order valence-electron chi connectivity index (χ2n) is 5.57. The van der Waals surface area contributed by atoms with Crippen molar-refractivity contribution in [2.24, 2.45) is 0 Å². The third-order valence-corrected chi connectivity index (χ3v) is 3.95. The van der Waals surface area contributed by atoms with Gasteiger partial charge in [-0.15, -0.1) is 6.42 Å². The Morgan fingerprint density at radius 3 is 2.65 bits per heavy atom. The van der Waals surface area contributed by atoms with Crippen molar-refractivity contribution in [1.29, 1.82) is 0 Å². The maximum absolute atomic E-state index is 12.0. The van der Waals surface area contributed by atoms with Crippen LogP contribution in [0.25, 0.3) is 10.8 Å². The summed E-state index contributed by atoms with van der Waals surface area (Å²) in [6, 6.07) is 19.1. The molecule has 4 heteroatoms. The fourth-order valence-corrected chi connectivity index (χ4v) is 2.68. The van der Waals surface area contributed by atoms with Gasteiger partial charge < -0.3 is 14.2 Å². The molecule has 0 unspecified atom stereocenters. The summed E-state index contributed by atoms with van der Waals surface area (Å²) in [5.74, 6) is 2.78. The third-order valence-electron chi connectivity index (χ3n) is 3.95. The van der Waals surface area contributed by atoms with Gasteiger partial charge in [0.25, 0.3) is 0 Å². The van der Waals surface area contributed by atoms with Gasteiger partial charge in [0.1, 0.15) is 6.61 Å². The van der Waals surface area contributed by atoms with Crippen molar-refractivity contribution >= 4 is 16.7 Å². The molecule has 3 aromatic carbocycles. The van der Waals surface area contributed by atoms with Crippen LogP contribution in [0.2, 0.25) is 0 Å². The first-order valence-corrected chi connectivity index (χ1v) is 8.11. The molecule has 0 aliphatic rings. The minimum absolute atomic E-state index is 0.0724. The van der Waals surface area contributed by atoms with Gasteiger partial charge in [-0.05, 0) is 34.5 Å². The number of carbonyl (C=O) groups is 1. The Balaban J connectivity index is 1.84. The molecule has 0 heterocycles. The Labute approximate surface area is 152 Å². The first-order chi connectivity index (χ1) is 12.7. The van der Waals surface area contributed by atoms with Crippen LogP contribution in [0.5, 0.6) is 11.5 Å². The molecule has 0 spiro atoms. The van der Waals surface area contributed by atoms with Crippen LogP contribution in [0.3, 0.4) is 0 Å². The molecule has 4 nitrogen and oxygen atoms in total. The summed E-state index contributed by atoms with van der Waals surface area (Å²) < 4.78 is 16.2. The lowest BCUT2D eigenvalue weighted by atomic mass is 10.1. The molecule has 0 atom stereocenters. The van der Waals surface area contributed by atoms with Gasteiger partial charge in [0.15, 0.2) is 18.1 Å². The molecule has 0 aromatic heterocycles. The van der Waals surface area contributed by atoms with E-state index in [-0.39, 0.29) is 6.61 Å². The molecule has 130 valence electrons. The van der Waals surface area contributed by atoms with Gasteiger partial charge in [-0.2, -0.15) is 0 Å². The number of hydrogen-bond acceptors (Lipinski definition) is 4. The number of benzene rings is 3. The van der Waals surface area contributed by atoms with Gasteiger partial charge in [0.2, 0.25) is 0 Å². The molecule has 26 heavy (non-hydrogen) atoms. The average Bonchev–Trinajstić information content (AvgIpc) is 2.70. The van der Waals surface area contributed by atoms with E-state index in [4.69, 9.17) is 20.6 Å². The Morgan fingerprint density at radius 2 is 1.85 bits per heavy atom. The molecule has 0 fully saturated rings. The molecule has 0 aliphatic carbocycles. The van der Waals surface area contributed by atoms with Crippen molar-refractivity contribution < 1.29 is 19.0 Å². The summed E-state index contributed by atoms with van der Waals surface area (Å²) in [6.45, 7) is 0.275. The number of terminal acetylenes is 1. The lowest BCUT2D eigenvalue weighted by molar-refractivity contribution is 0.0556. The third kappa shape index (κ3) is 3.79. The van der Waals surface area contributed by atoms with Crippen molar-refractivity contribution in [1.82, 2.24) is 0 Å². The van der Waals surface area contributed by atoms with Crippen LogP contribution >= 0.6 is 0 Å². The summed E-state index contributed by atoms with van der Waals surface area (Å²) in [7, 11) is 1.55.